The molecule has 0 saturated carbocycles. The zero-order valence-corrected chi connectivity index (χ0v) is 18.0. The molecular weight excluding hydrogens is 402 g/mol. The average Bonchev–Trinajstić information content (AvgIpc) is 3.24. The Bertz CT molecular complexity index is 974. The minimum absolute atomic E-state index is 0.272. The maximum Gasteiger partial charge on any atom is 0.255 e. The van der Waals surface area contributed by atoms with Crippen molar-refractivity contribution in [2.45, 2.75) is 33.2 Å². The van der Waals surface area contributed by atoms with Gasteiger partial charge in [-0.05, 0) is 43.2 Å². The van der Waals surface area contributed by atoms with Crippen molar-refractivity contribution in [3.63, 3.8) is 0 Å². The maximum atomic E-state index is 13.0. The molecular formula is C23H26ClN3O3. The molecule has 7 heteroatoms. The summed E-state index contributed by atoms with van der Waals surface area (Å²) in [6.07, 6.45) is 5.53. The molecule has 1 heterocycles. The number of ether oxygens (including phenoxy) is 2. The van der Waals surface area contributed by atoms with Crippen LogP contribution in [-0.4, -0.2) is 28.9 Å². The minimum Gasteiger partial charge on any atom is -0.490 e. The maximum absolute atomic E-state index is 13.0. The van der Waals surface area contributed by atoms with E-state index in [0.717, 1.165) is 24.1 Å². The van der Waals surface area contributed by atoms with Crippen LogP contribution in [0, 0.1) is 0 Å². The van der Waals surface area contributed by atoms with Crippen molar-refractivity contribution < 1.29 is 14.3 Å². The number of benzene rings is 2. The van der Waals surface area contributed by atoms with Gasteiger partial charge >= 0.3 is 0 Å². The van der Waals surface area contributed by atoms with Crippen LogP contribution in [-0.2, 0) is 6.54 Å². The molecule has 3 rings (SSSR count). The number of amides is 1. The Morgan fingerprint density at radius 3 is 2.73 bits per heavy atom. The van der Waals surface area contributed by atoms with Crippen molar-refractivity contribution in [2.75, 3.05) is 18.5 Å². The summed E-state index contributed by atoms with van der Waals surface area (Å²) >= 11 is 6.43. The van der Waals surface area contributed by atoms with E-state index in [-0.39, 0.29) is 5.91 Å². The van der Waals surface area contributed by atoms with Gasteiger partial charge in [0, 0.05) is 23.6 Å². The van der Waals surface area contributed by atoms with Crippen molar-refractivity contribution in [3.8, 4) is 11.5 Å². The van der Waals surface area contributed by atoms with Gasteiger partial charge in [-0.25, -0.2) is 0 Å². The number of rotatable bonds is 10. The van der Waals surface area contributed by atoms with E-state index in [1.165, 1.54) is 0 Å². The highest BCUT2D eigenvalue weighted by molar-refractivity contribution is 6.32. The number of nitrogens with zero attached hydrogens (tertiary/aromatic N) is 2. The molecule has 1 aromatic heterocycles. The van der Waals surface area contributed by atoms with Gasteiger partial charge in [-0.2, -0.15) is 5.10 Å². The van der Waals surface area contributed by atoms with E-state index in [4.69, 9.17) is 21.1 Å². The molecule has 0 aliphatic carbocycles. The van der Waals surface area contributed by atoms with Crippen molar-refractivity contribution in [1.82, 2.24) is 9.78 Å². The lowest BCUT2D eigenvalue weighted by Gasteiger charge is -2.16. The Morgan fingerprint density at radius 1 is 1.17 bits per heavy atom. The standard InChI is InChI=1S/C23H26ClN3O3/c1-3-5-13-30-22-19(24)14-18(15-21(22)29-4-2)23(28)26-20-10-7-6-9-17(20)16-27-12-8-11-25-27/h6-12,14-15H,3-5,13,16H2,1-2H3,(H,26,28). The van der Waals surface area contributed by atoms with Gasteiger partial charge in [-0.1, -0.05) is 43.1 Å². The largest absolute Gasteiger partial charge is 0.490 e. The molecule has 30 heavy (non-hydrogen) atoms. The van der Waals surface area contributed by atoms with Crippen LogP contribution in [0.1, 0.15) is 42.6 Å². The molecule has 158 valence electrons. The molecule has 0 aliphatic heterocycles. The number of para-hydroxylation sites is 1. The summed E-state index contributed by atoms with van der Waals surface area (Å²) in [6, 6.07) is 12.8. The van der Waals surface area contributed by atoms with Crippen molar-refractivity contribution in [3.05, 3.63) is 71.0 Å². The van der Waals surface area contributed by atoms with Gasteiger partial charge in [0.25, 0.3) is 5.91 Å². The zero-order chi connectivity index (χ0) is 21.3. The fourth-order valence-corrected chi connectivity index (χ4v) is 3.23. The quantitative estimate of drug-likeness (QED) is 0.439. The summed E-state index contributed by atoms with van der Waals surface area (Å²) in [6.45, 7) is 5.51. The van der Waals surface area contributed by atoms with E-state index >= 15 is 0 Å². The summed E-state index contributed by atoms with van der Waals surface area (Å²) in [5.74, 6) is 0.671. The molecule has 1 amide bonds. The van der Waals surface area contributed by atoms with E-state index in [2.05, 4.69) is 17.3 Å². The molecule has 0 atom stereocenters. The van der Waals surface area contributed by atoms with Crippen LogP contribution in [0.3, 0.4) is 0 Å². The monoisotopic (exact) mass is 427 g/mol. The smallest absolute Gasteiger partial charge is 0.255 e. The SMILES string of the molecule is CCCCOc1c(Cl)cc(C(=O)Nc2ccccc2Cn2cccn2)cc1OCC. The molecule has 0 saturated heterocycles. The van der Waals surface area contributed by atoms with Crippen LogP contribution in [0.5, 0.6) is 11.5 Å². The van der Waals surface area contributed by atoms with E-state index < -0.39 is 0 Å². The summed E-state index contributed by atoms with van der Waals surface area (Å²) in [5.41, 5.74) is 2.07. The number of unbranched alkanes of at least 4 members (excludes halogenated alkanes) is 1. The lowest BCUT2D eigenvalue weighted by molar-refractivity contribution is 0.102. The predicted octanol–water partition coefficient (Wildman–Crippen LogP) is 5.41. The Morgan fingerprint density at radius 2 is 2.00 bits per heavy atom. The van der Waals surface area contributed by atoms with E-state index in [1.54, 1.807) is 23.0 Å². The minimum atomic E-state index is -0.272. The fraction of sp³-hybridized carbons (Fsp3) is 0.304. The van der Waals surface area contributed by atoms with Gasteiger partial charge < -0.3 is 14.8 Å². The first-order valence-corrected chi connectivity index (χ1v) is 10.5. The van der Waals surface area contributed by atoms with Crippen LogP contribution in [0.2, 0.25) is 5.02 Å². The Labute approximate surface area is 181 Å². The molecule has 0 spiro atoms. The molecule has 3 aromatic rings. The fourth-order valence-electron chi connectivity index (χ4n) is 2.96. The first-order valence-electron chi connectivity index (χ1n) is 10.1. The Balaban J connectivity index is 1.82. The second-order valence-corrected chi connectivity index (χ2v) is 7.14. The number of nitrogens with one attached hydrogen (secondary N) is 1. The number of anilines is 1. The van der Waals surface area contributed by atoms with E-state index in [0.29, 0.717) is 41.8 Å². The lowest BCUT2D eigenvalue weighted by atomic mass is 10.1. The molecule has 0 unspecified atom stereocenters. The molecule has 2 aromatic carbocycles. The molecule has 6 nitrogen and oxygen atoms in total. The van der Waals surface area contributed by atoms with Crippen LogP contribution < -0.4 is 14.8 Å². The van der Waals surface area contributed by atoms with Gasteiger partial charge in [-0.15, -0.1) is 0 Å². The second kappa shape index (κ2) is 10.7. The van der Waals surface area contributed by atoms with Crippen molar-refractivity contribution in [2.24, 2.45) is 0 Å². The molecule has 0 fully saturated rings. The number of carbonyl (C=O) groups excluding carboxylic acids is 1. The topological polar surface area (TPSA) is 65.4 Å². The predicted molar refractivity (Wildman–Crippen MR) is 119 cm³/mol. The van der Waals surface area contributed by atoms with Crippen molar-refractivity contribution in [1.29, 1.82) is 0 Å². The highest BCUT2D eigenvalue weighted by atomic mass is 35.5. The summed E-state index contributed by atoms with van der Waals surface area (Å²) in [7, 11) is 0. The van der Waals surface area contributed by atoms with Gasteiger partial charge in [0.1, 0.15) is 0 Å². The number of halogens is 1. The molecule has 0 aliphatic rings. The second-order valence-electron chi connectivity index (χ2n) is 6.74. The van der Waals surface area contributed by atoms with Gasteiger partial charge in [0.2, 0.25) is 0 Å². The number of aromatic nitrogens is 2. The van der Waals surface area contributed by atoms with Crippen LogP contribution in [0.4, 0.5) is 5.69 Å². The highest BCUT2D eigenvalue weighted by Crippen LogP contribution is 2.37. The summed E-state index contributed by atoms with van der Waals surface area (Å²) in [4.78, 5) is 13.0. The van der Waals surface area contributed by atoms with E-state index in [9.17, 15) is 4.79 Å². The molecule has 0 bridgehead atoms. The third-order valence-electron chi connectivity index (χ3n) is 4.47. The normalized spacial score (nSPS) is 10.6. The lowest BCUT2D eigenvalue weighted by Crippen LogP contribution is -2.15. The Hall–Kier alpha value is -2.99. The van der Waals surface area contributed by atoms with Gasteiger partial charge in [0.05, 0.1) is 24.8 Å². The average molecular weight is 428 g/mol. The summed E-state index contributed by atoms with van der Waals surface area (Å²) < 4.78 is 13.3. The summed E-state index contributed by atoms with van der Waals surface area (Å²) in [5, 5.41) is 7.56. The van der Waals surface area contributed by atoms with Crippen molar-refractivity contribution >= 4 is 23.2 Å². The highest BCUT2D eigenvalue weighted by Gasteiger charge is 2.17. The van der Waals surface area contributed by atoms with Gasteiger partial charge in [-0.3, -0.25) is 9.48 Å². The number of hydrogen-bond donors (Lipinski definition) is 1. The Kier molecular flexibility index (Phi) is 7.74. The molecule has 1 N–H and O–H groups in total. The molecule has 0 radical (unpaired) electrons. The first-order chi connectivity index (χ1) is 14.6. The third-order valence-corrected chi connectivity index (χ3v) is 4.75. The number of carbonyl (C=O) groups is 1. The van der Waals surface area contributed by atoms with Crippen LogP contribution >= 0.6 is 11.6 Å². The van der Waals surface area contributed by atoms with Crippen LogP contribution in [0.25, 0.3) is 0 Å². The van der Waals surface area contributed by atoms with E-state index in [1.807, 2.05) is 43.5 Å². The third kappa shape index (κ3) is 5.54. The van der Waals surface area contributed by atoms with Crippen LogP contribution in [0.15, 0.2) is 54.9 Å². The number of hydrogen-bond acceptors (Lipinski definition) is 4. The first kappa shape index (κ1) is 21.7. The van der Waals surface area contributed by atoms with Gasteiger partial charge in [0.15, 0.2) is 11.5 Å². The zero-order valence-electron chi connectivity index (χ0n) is 17.2.